The Morgan fingerprint density at radius 3 is 2.48 bits per heavy atom. The number of para-hydroxylation sites is 1. The molecule has 0 aliphatic heterocycles. The summed E-state index contributed by atoms with van der Waals surface area (Å²) in [6.07, 6.45) is 0.361. The topological polar surface area (TPSA) is 55.2 Å². The van der Waals surface area contributed by atoms with Crippen LogP contribution in [0.25, 0.3) is 0 Å². The van der Waals surface area contributed by atoms with E-state index >= 15 is 0 Å². The van der Waals surface area contributed by atoms with E-state index in [-0.39, 0.29) is 5.69 Å². The number of hydrogen-bond donors (Lipinski definition) is 1. The number of benzene rings is 2. The smallest absolute Gasteiger partial charge is 0.295 e. The van der Waals surface area contributed by atoms with Crippen molar-refractivity contribution in [1.29, 1.82) is 0 Å². The third-order valence-electron chi connectivity index (χ3n) is 3.07. The number of nitrogens with zero attached hydrogens (tertiary/aromatic N) is 1. The quantitative estimate of drug-likeness (QED) is 0.673. The van der Waals surface area contributed by atoms with Gasteiger partial charge in [0, 0.05) is 18.2 Å². The molecule has 1 N–H and O–H groups in total. The van der Waals surface area contributed by atoms with Crippen LogP contribution in [0.5, 0.6) is 0 Å². The van der Waals surface area contributed by atoms with Gasteiger partial charge in [0.1, 0.15) is 17.3 Å². The molecule has 0 unspecified atom stereocenters. The first-order chi connectivity index (χ1) is 9.97. The Balaban J connectivity index is 2.07. The zero-order valence-electron chi connectivity index (χ0n) is 11.4. The summed E-state index contributed by atoms with van der Waals surface area (Å²) in [7, 11) is 0. The minimum Gasteiger partial charge on any atom is -0.379 e. The lowest BCUT2D eigenvalue weighted by Gasteiger charge is -2.09. The van der Waals surface area contributed by atoms with Gasteiger partial charge in [-0.05, 0) is 37.1 Å². The van der Waals surface area contributed by atoms with Gasteiger partial charge < -0.3 is 5.32 Å². The highest BCUT2D eigenvalue weighted by Crippen LogP contribution is 2.27. The zero-order valence-corrected chi connectivity index (χ0v) is 11.4. The summed E-state index contributed by atoms with van der Waals surface area (Å²) in [5.41, 5.74) is 1.47. The molecule has 0 saturated carbocycles. The minimum absolute atomic E-state index is 0.0166. The first-order valence-electron chi connectivity index (χ1n) is 6.40. The fraction of sp³-hybridized carbons (Fsp3) is 0.200. The number of nitro groups is 1. The molecule has 0 radical (unpaired) electrons. The number of nitro benzene ring substituents is 1. The van der Waals surface area contributed by atoms with Crippen LogP contribution in [0.4, 0.5) is 20.2 Å². The van der Waals surface area contributed by atoms with Crippen molar-refractivity contribution in [1.82, 2.24) is 0 Å². The van der Waals surface area contributed by atoms with Crippen molar-refractivity contribution in [3.63, 3.8) is 0 Å². The highest BCUT2D eigenvalue weighted by atomic mass is 19.1. The Morgan fingerprint density at radius 2 is 1.86 bits per heavy atom. The molecule has 0 aliphatic rings. The number of halogens is 2. The summed E-state index contributed by atoms with van der Waals surface area (Å²) >= 11 is 0. The number of nitrogens with one attached hydrogen (secondary N) is 1. The summed E-state index contributed by atoms with van der Waals surface area (Å²) in [5, 5.41) is 14.0. The second kappa shape index (κ2) is 6.30. The van der Waals surface area contributed by atoms with Gasteiger partial charge in [0.2, 0.25) is 0 Å². The van der Waals surface area contributed by atoms with Crippen molar-refractivity contribution in [2.24, 2.45) is 0 Å². The van der Waals surface area contributed by atoms with Crippen molar-refractivity contribution >= 4 is 11.4 Å². The highest BCUT2D eigenvalue weighted by Gasteiger charge is 2.16. The monoisotopic (exact) mass is 292 g/mol. The fourth-order valence-corrected chi connectivity index (χ4v) is 2.14. The molecule has 0 fully saturated rings. The van der Waals surface area contributed by atoms with Crippen LogP contribution in [-0.2, 0) is 6.42 Å². The number of rotatable bonds is 5. The molecule has 0 aliphatic carbocycles. The summed E-state index contributed by atoms with van der Waals surface area (Å²) in [6, 6.07) is 8.28. The van der Waals surface area contributed by atoms with Crippen LogP contribution in [0.3, 0.4) is 0 Å². The molecule has 2 aromatic rings. The second-order valence-electron chi connectivity index (χ2n) is 4.68. The fourth-order valence-electron chi connectivity index (χ4n) is 2.14. The van der Waals surface area contributed by atoms with Crippen molar-refractivity contribution in [3.8, 4) is 0 Å². The van der Waals surface area contributed by atoms with E-state index in [0.29, 0.717) is 29.8 Å². The Hall–Kier alpha value is -2.50. The maximum Gasteiger partial charge on any atom is 0.295 e. The zero-order chi connectivity index (χ0) is 15.4. The molecule has 0 aromatic heterocycles. The van der Waals surface area contributed by atoms with Crippen LogP contribution >= 0.6 is 0 Å². The second-order valence-corrected chi connectivity index (χ2v) is 4.68. The average molecular weight is 292 g/mol. The maximum atomic E-state index is 13.1. The van der Waals surface area contributed by atoms with Gasteiger partial charge in [-0.1, -0.05) is 12.1 Å². The van der Waals surface area contributed by atoms with Crippen LogP contribution in [0.2, 0.25) is 0 Å². The van der Waals surface area contributed by atoms with E-state index < -0.39 is 16.6 Å². The minimum atomic E-state index is -0.633. The molecule has 0 atom stereocenters. The number of aryl methyl sites for hydroxylation is 1. The van der Waals surface area contributed by atoms with Gasteiger partial charge in [-0.2, -0.15) is 0 Å². The lowest BCUT2D eigenvalue weighted by Crippen LogP contribution is -2.08. The molecule has 0 saturated heterocycles. The first kappa shape index (κ1) is 14.9. The Labute approximate surface area is 120 Å². The molecular weight excluding hydrogens is 278 g/mol. The lowest BCUT2D eigenvalue weighted by molar-refractivity contribution is -0.384. The SMILES string of the molecule is Cc1cccc(NCCc2cc(F)cc(F)c2)c1[N+](=O)[O-]. The van der Waals surface area contributed by atoms with E-state index in [0.717, 1.165) is 6.07 Å². The van der Waals surface area contributed by atoms with E-state index in [1.165, 1.54) is 12.1 Å². The molecule has 0 amide bonds. The maximum absolute atomic E-state index is 13.1. The van der Waals surface area contributed by atoms with Gasteiger partial charge in [0.15, 0.2) is 0 Å². The van der Waals surface area contributed by atoms with Crippen LogP contribution in [-0.4, -0.2) is 11.5 Å². The molecule has 4 nitrogen and oxygen atoms in total. The predicted octanol–water partition coefficient (Wildman–Crippen LogP) is 3.84. The third-order valence-corrected chi connectivity index (χ3v) is 3.07. The lowest BCUT2D eigenvalue weighted by atomic mass is 10.1. The Bertz CT molecular complexity index is 654. The van der Waals surface area contributed by atoms with E-state index in [4.69, 9.17) is 0 Å². The molecule has 21 heavy (non-hydrogen) atoms. The van der Waals surface area contributed by atoms with Gasteiger partial charge in [0.05, 0.1) is 4.92 Å². The first-order valence-corrected chi connectivity index (χ1v) is 6.40. The standard InChI is InChI=1S/C15H14F2N2O2/c1-10-3-2-4-14(15(10)19(20)21)18-6-5-11-7-12(16)9-13(17)8-11/h2-4,7-9,18H,5-6H2,1H3. The van der Waals surface area contributed by atoms with Crippen molar-refractivity contribution in [2.45, 2.75) is 13.3 Å². The van der Waals surface area contributed by atoms with Crippen LogP contribution in [0.15, 0.2) is 36.4 Å². The van der Waals surface area contributed by atoms with E-state index in [1.54, 1.807) is 25.1 Å². The highest BCUT2D eigenvalue weighted by molar-refractivity contribution is 5.65. The summed E-state index contributed by atoms with van der Waals surface area (Å²) < 4.78 is 26.1. The predicted molar refractivity (Wildman–Crippen MR) is 76.4 cm³/mol. The van der Waals surface area contributed by atoms with E-state index in [2.05, 4.69) is 5.32 Å². The van der Waals surface area contributed by atoms with Gasteiger partial charge in [-0.25, -0.2) is 8.78 Å². The van der Waals surface area contributed by atoms with Crippen molar-refractivity contribution in [3.05, 3.63) is 69.3 Å². The van der Waals surface area contributed by atoms with Gasteiger partial charge in [-0.3, -0.25) is 10.1 Å². The summed E-state index contributed by atoms with van der Waals surface area (Å²) in [5.74, 6) is -1.27. The van der Waals surface area contributed by atoms with Crippen molar-refractivity contribution in [2.75, 3.05) is 11.9 Å². The van der Waals surface area contributed by atoms with Crippen LogP contribution < -0.4 is 5.32 Å². The molecule has 6 heteroatoms. The third kappa shape index (κ3) is 3.75. The molecular formula is C15H14F2N2O2. The molecule has 0 spiro atoms. The molecule has 2 aromatic carbocycles. The van der Waals surface area contributed by atoms with Crippen LogP contribution in [0.1, 0.15) is 11.1 Å². The van der Waals surface area contributed by atoms with Gasteiger partial charge in [-0.15, -0.1) is 0 Å². The summed E-state index contributed by atoms with van der Waals surface area (Å²) in [4.78, 5) is 10.6. The number of anilines is 1. The summed E-state index contributed by atoms with van der Waals surface area (Å²) in [6.45, 7) is 2.00. The molecule has 0 bridgehead atoms. The molecule has 110 valence electrons. The largest absolute Gasteiger partial charge is 0.379 e. The normalized spacial score (nSPS) is 10.4. The molecule has 0 heterocycles. The van der Waals surface area contributed by atoms with E-state index in [1.807, 2.05) is 0 Å². The Kier molecular flexibility index (Phi) is 4.47. The Morgan fingerprint density at radius 1 is 1.19 bits per heavy atom. The van der Waals surface area contributed by atoms with Gasteiger partial charge >= 0.3 is 0 Å². The van der Waals surface area contributed by atoms with Crippen LogP contribution in [0, 0.1) is 28.7 Å². The molecule has 2 rings (SSSR count). The van der Waals surface area contributed by atoms with E-state index in [9.17, 15) is 18.9 Å². The number of hydrogen-bond acceptors (Lipinski definition) is 3. The van der Waals surface area contributed by atoms with Gasteiger partial charge in [0.25, 0.3) is 5.69 Å². The van der Waals surface area contributed by atoms with Crippen molar-refractivity contribution < 1.29 is 13.7 Å². The average Bonchev–Trinajstić information content (AvgIpc) is 2.37.